The summed E-state index contributed by atoms with van der Waals surface area (Å²) in [5, 5.41) is 3.26. The van der Waals surface area contributed by atoms with Crippen LogP contribution in [-0.4, -0.2) is 10.9 Å². The summed E-state index contributed by atoms with van der Waals surface area (Å²) in [4.78, 5) is 12.6. The molecule has 108 valence electrons. The Hall–Kier alpha value is -1.43. The summed E-state index contributed by atoms with van der Waals surface area (Å²) in [6.45, 7) is 1.85. The molecule has 2 rings (SSSR count). The third-order valence-corrected chi connectivity index (χ3v) is 4.33. The van der Waals surface area contributed by atoms with Gasteiger partial charge in [0.15, 0.2) is 0 Å². The second-order valence-electron chi connectivity index (χ2n) is 4.45. The summed E-state index contributed by atoms with van der Waals surface area (Å²) < 4.78 is 0.699. The maximum Gasteiger partial charge on any atom is 0.257 e. The lowest BCUT2D eigenvalue weighted by Gasteiger charge is -2.10. The van der Waals surface area contributed by atoms with Gasteiger partial charge in [0.05, 0.1) is 16.3 Å². The van der Waals surface area contributed by atoms with E-state index in [-0.39, 0.29) is 5.91 Å². The largest absolute Gasteiger partial charge is 0.389 e. The van der Waals surface area contributed by atoms with Crippen molar-refractivity contribution in [3.8, 4) is 0 Å². The molecular formula is C15H12BrClN2OS. The van der Waals surface area contributed by atoms with Gasteiger partial charge in [-0.25, -0.2) is 0 Å². The van der Waals surface area contributed by atoms with Crippen LogP contribution in [-0.2, 0) is 0 Å². The number of hydrogen-bond acceptors (Lipinski definition) is 2. The Kier molecular flexibility index (Phi) is 4.98. The van der Waals surface area contributed by atoms with Crippen molar-refractivity contribution in [3.05, 3.63) is 62.6 Å². The minimum Gasteiger partial charge on any atom is -0.389 e. The molecule has 3 nitrogen and oxygen atoms in total. The van der Waals surface area contributed by atoms with Crippen molar-refractivity contribution < 1.29 is 4.79 Å². The average molecular weight is 384 g/mol. The third-order valence-electron chi connectivity index (χ3n) is 2.94. The van der Waals surface area contributed by atoms with E-state index < -0.39 is 0 Å². The molecule has 21 heavy (non-hydrogen) atoms. The van der Waals surface area contributed by atoms with Gasteiger partial charge in [0.1, 0.15) is 4.99 Å². The number of amides is 1. The molecule has 1 amide bonds. The van der Waals surface area contributed by atoms with Gasteiger partial charge in [0.2, 0.25) is 0 Å². The first kappa shape index (κ1) is 15.9. The number of carbonyl (C=O) groups is 1. The van der Waals surface area contributed by atoms with Crippen molar-refractivity contribution in [2.75, 3.05) is 5.32 Å². The van der Waals surface area contributed by atoms with Crippen molar-refractivity contribution >= 4 is 56.3 Å². The third kappa shape index (κ3) is 3.61. The van der Waals surface area contributed by atoms with Gasteiger partial charge in [-0.3, -0.25) is 4.79 Å². The van der Waals surface area contributed by atoms with Gasteiger partial charge in [0, 0.05) is 10.0 Å². The van der Waals surface area contributed by atoms with E-state index >= 15 is 0 Å². The predicted molar refractivity (Wildman–Crippen MR) is 94.2 cm³/mol. The van der Waals surface area contributed by atoms with Crippen molar-refractivity contribution in [1.29, 1.82) is 0 Å². The molecule has 0 saturated heterocycles. The Morgan fingerprint density at radius 3 is 2.67 bits per heavy atom. The van der Waals surface area contributed by atoms with E-state index in [2.05, 4.69) is 21.2 Å². The van der Waals surface area contributed by atoms with E-state index in [9.17, 15) is 4.79 Å². The van der Waals surface area contributed by atoms with Crippen molar-refractivity contribution in [3.63, 3.8) is 0 Å². The molecular weight excluding hydrogens is 372 g/mol. The molecule has 2 aromatic carbocycles. The lowest BCUT2D eigenvalue weighted by atomic mass is 10.1. The summed E-state index contributed by atoms with van der Waals surface area (Å²) in [5.74, 6) is -0.271. The SMILES string of the molecule is Cc1cccc(C(=O)Nc2ccc(C(N)=S)cc2Br)c1Cl. The monoisotopic (exact) mass is 382 g/mol. The second kappa shape index (κ2) is 6.56. The quantitative estimate of drug-likeness (QED) is 0.777. The molecule has 6 heteroatoms. The lowest BCUT2D eigenvalue weighted by molar-refractivity contribution is 0.102. The molecule has 0 aliphatic rings. The van der Waals surface area contributed by atoms with Gasteiger partial charge >= 0.3 is 0 Å². The molecule has 0 aliphatic carbocycles. The van der Waals surface area contributed by atoms with Crippen LogP contribution in [0.1, 0.15) is 21.5 Å². The number of thiocarbonyl (C=S) groups is 1. The van der Waals surface area contributed by atoms with E-state index in [1.165, 1.54) is 0 Å². The summed E-state index contributed by atoms with van der Waals surface area (Å²) in [6, 6.07) is 10.6. The molecule has 0 heterocycles. The van der Waals surface area contributed by atoms with E-state index in [4.69, 9.17) is 29.6 Å². The molecule has 0 atom stereocenters. The number of halogens is 2. The van der Waals surface area contributed by atoms with Gasteiger partial charge in [0.25, 0.3) is 5.91 Å². The number of nitrogens with two attached hydrogens (primary N) is 1. The normalized spacial score (nSPS) is 10.2. The van der Waals surface area contributed by atoms with Crippen LogP contribution in [0.3, 0.4) is 0 Å². The van der Waals surface area contributed by atoms with Crippen molar-refractivity contribution in [1.82, 2.24) is 0 Å². The number of carbonyl (C=O) groups excluding carboxylic acids is 1. The summed E-state index contributed by atoms with van der Waals surface area (Å²) in [7, 11) is 0. The number of nitrogens with one attached hydrogen (secondary N) is 1. The zero-order chi connectivity index (χ0) is 15.6. The maximum atomic E-state index is 12.3. The molecule has 0 aliphatic heterocycles. The molecule has 0 radical (unpaired) electrons. The molecule has 2 aromatic rings. The van der Waals surface area contributed by atoms with Crippen molar-refractivity contribution in [2.24, 2.45) is 5.73 Å². The first-order chi connectivity index (χ1) is 9.90. The highest BCUT2D eigenvalue weighted by Crippen LogP contribution is 2.26. The second-order valence-corrected chi connectivity index (χ2v) is 6.12. The molecule has 0 spiro atoms. The highest BCUT2D eigenvalue weighted by Gasteiger charge is 2.13. The highest BCUT2D eigenvalue weighted by atomic mass is 79.9. The zero-order valence-corrected chi connectivity index (χ0v) is 14.3. The fourth-order valence-electron chi connectivity index (χ4n) is 1.78. The Labute approximate surface area is 141 Å². The molecule has 0 fully saturated rings. The van der Waals surface area contributed by atoms with Crippen LogP contribution in [0, 0.1) is 6.92 Å². The van der Waals surface area contributed by atoms with Gasteiger partial charge in [-0.2, -0.15) is 0 Å². The Morgan fingerprint density at radius 1 is 1.33 bits per heavy atom. The molecule has 3 N–H and O–H groups in total. The van der Waals surface area contributed by atoms with Crippen LogP contribution < -0.4 is 11.1 Å². The number of hydrogen-bond donors (Lipinski definition) is 2. The number of benzene rings is 2. The molecule has 0 aromatic heterocycles. The number of rotatable bonds is 3. The standard InChI is InChI=1S/C15H12BrClN2OS/c1-8-3-2-4-10(13(8)17)15(20)19-12-6-5-9(14(18)21)7-11(12)16/h2-7H,1H3,(H2,18,21)(H,19,20). The van der Waals surface area contributed by atoms with Crippen LogP contribution in [0.2, 0.25) is 5.02 Å². The van der Waals surface area contributed by atoms with Crippen LogP contribution in [0.5, 0.6) is 0 Å². The van der Waals surface area contributed by atoms with Crippen LogP contribution in [0.15, 0.2) is 40.9 Å². The van der Waals surface area contributed by atoms with Gasteiger partial charge < -0.3 is 11.1 Å². The van der Waals surface area contributed by atoms with Crippen LogP contribution in [0.4, 0.5) is 5.69 Å². The first-order valence-electron chi connectivity index (χ1n) is 6.06. The Bertz CT molecular complexity index is 734. The smallest absolute Gasteiger partial charge is 0.257 e. The summed E-state index contributed by atoms with van der Waals surface area (Å²) in [5.41, 5.74) is 8.20. The Morgan fingerprint density at radius 2 is 2.05 bits per heavy atom. The van der Waals surface area contributed by atoms with E-state index in [1.54, 1.807) is 30.3 Å². The molecule has 0 saturated carbocycles. The zero-order valence-electron chi connectivity index (χ0n) is 11.1. The fraction of sp³-hybridized carbons (Fsp3) is 0.0667. The molecule has 0 bridgehead atoms. The predicted octanol–water partition coefficient (Wildman–Crippen LogP) is 4.30. The van der Waals surface area contributed by atoms with Crippen molar-refractivity contribution in [2.45, 2.75) is 6.92 Å². The van der Waals surface area contributed by atoms with Gasteiger partial charge in [-0.15, -0.1) is 0 Å². The minimum atomic E-state index is -0.271. The summed E-state index contributed by atoms with van der Waals surface area (Å²) in [6.07, 6.45) is 0. The van der Waals surface area contributed by atoms with Crippen LogP contribution in [0.25, 0.3) is 0 Å². The number of anilines is 1. The van der Waals surface area contributed by atoms with E-state index in [1.807, 2.05) is 13.0 Å². The Balaban J connectivity index is 2.28. The van der Waals surface area contributed by atoms with E-state index in [0.29, 0.717) is 25.7 Å². The lowest BCUT2D eigenvalue weighted by Crippen LogP contribution is -2.14. The fourth-order valence-corrected chi connectivity index (χ4v) is 2.60. The summed E-state index contributed by atoms with van der Waals surface area (Å²) >= 11 is 14.5. The highest BCUT2D eigenvalue weighted by molar-refractivity contribution is 9.10. The number of aryl methyl sites for hydroxylation is 1. The minimum absolute atomic E-state index is 0.271. The molecule has 0 unspecified atom stereocenters. The first-order valence-corrected chi connectivity index (χ1v) is 7.64. The average Bonchev–Trinajstić information content (AvgIpc) is 2.43. The maximum absolute atomic E-state index is 12.3. The van der Waals surface area contributed by atoms with E-state index in [0.717, 1.165) is 11.1 Å². The topological polar surface area (TPSA) is 55.1 Å². The van der Waals surface area contributed by atoms with Gasteiger partial charge in [-0.05, 0) is 52.7 Å². The van der Waals surface area contributed by atoms with Crippen LogP contribution >= 0.6 is 39.7 Å². The van der Waals surface area contributed by atoms with Gasteiger partial charge in [-0.1, -0.05) is 36.0 Å².